The second-order valence-electron chi connectivity index (χ2n) is 3.74. The highest BCUT2D eigenvalue weighted by atomic mass is 79.9. The van der Waals surface area contributed by atoms with Crippen molar-refractivity contribution < 1.29 is 4.74 Å². The van der Waals surface area contributed by atoms with Gasteiger partial charge in [-0.25, -0.2) is 0 Å². The molecule has 0 amide bonds. The Morgan fingerprint density at radius 1 is 1.11 bits per heavy atom. The summed E-state index contributed by atoms with van der Waals surface area (Å²) in [4.78, 5) is 4.13. The molecule has 94 valence electrons. The number of rotatable bonds is 4. The maximum absolute atomic E-state index is 5.22. The van der Waals surface area contributed by atoms with Crippen LogP contribution >= 0.6 is 31.9 Å². The summed E-state index contributed by atoms with van der Waals surface area (Å²) >= 11 is 6.86. The summed E-state index contributed by atoms with van der Waals surface area (Å²) in [6, 6.07) is 7.92. The summed E-state index contributed by atoms with van der Waals surface area (Å²) in [6.07, 6.45) is 3.61. The fourth-order valence-corrected chi connectivity index (χ4v) is 2.42. The van der Waals surface area contributed by atoms with E-state index in [0.717, 1.165) is 25.9 Å². The van der Waals surface area contributed by atoms with Crippen LogP contribution in [0.1, 0.15) is 5.56 Å². The lowest BCUT2D eigenvalue weighted by Crippen LogP contribution is -2.00. The molecule has 1 aromatic carbocycles. The van der Waals surface area contributed by atoms with Crippen molar-refractivity contribution in [1.29, 1.82) is 0 Å². The van der Waals surface area contributed by atoms with E-state index in [1.54, 1.807) is 13.3 Å². The number of nitrogens with one attached hydrogen (secondary N) is 1. The van der Waals surface area contributed by atoms with Crippen LogP contribution in [0.2, 0.25) is 0 Å². The van der Waals surface area contributed by atoms with Crippen LogP contribution in [-0.2, 0) is 6.54 Å². The Balaban J connectivity index is 2.08. The first-order valence-corrected chi connectivity index (χ1v) is 6.94. The highest BCUT2D eigenvalue weighted by molar-refractivity contribution is 9.10. The minimum atomic E-state index is 0.714. The molecule has 1 heterocycles. The van der Waals surface area contributed by atoms with Crippen molar-refractivity contribution >= 4 is 37.5 Å². The fourth-order valence-electron chi connectivity index (χ4n) is 1.54. The van der Waals surface area contributed by atoms with E-state index in [4.69, 9.17) is 4.74 Å². The lowest BCUT2D eigenvalue weighted by molar-refractivity contribution is 0.414. The van der Waals surface area contributed by atoms with Gasteiger partial charge in [0.15, 0.2) is 0 Å². The molecule has 0 aliphatic carbocycles. The number of hydrogen-bond acceptors (Lipinski definition) is 3. The SMILES string of the molecule is COc1cc(Br)cc(NCc2cncc(Br)c2)c1. The molecule has 0 saturated heterocycles. The van der Waals surface area contributed by atoms with Gasteiger partial charge in [0, 0.05) is 39.6 Å². The van der Waals surface area contributed by atoms with Gasteiger partial charge in [0.25, 0.3) is 0 Å². The molecule has 1 aromatic heterocycles. The van der Waals surface area contributed by atoms with Crippen LogP contribution < -0.4 is 10.1 Å². The number of pyridine rings is 1. The molecular weight excluding hydrogens is 360 g/mol. The molecule has 0 atom stereocenters. The molecule has 0 aliphatic heterocycles. The Morgan fingerprint density at radius 3 is 2.67 bits per heavy atom. The van der Waals surface area contributed by atoms with Crippen LogP contribution in [0.25, 0.3) is 0 Å². The average Bonchev–Trinajstić information content (AvgIpc) is 2.36. The van der Waals surface area contributed by atoms with Crippen molar-refractivity contribution in [2.45, 2.75) is 6.54 Å². The molecule has 3 nitrogen and oxygen atoms in total. The minimum absolute atomic E-state index is 0.714. The number of nitrogens with zero attached hydrogens (tertiary/aromatic N) is 1. The van der Waals surface area contributed by atoms with E-state index in [-0.39, 0.29) is 0 Å². The van der Waals surface area contributed by atoms with Gasteiger partial charge in [0.2, 0.25) is 0 Å². The van der Waals surface area contributed by atoms with Crippen LogP contribution in [-0.4, -0.2) is 12.1 Å². The third-order valence-electron chi connectivity index (χ3n) is 2.37. The van der Waals surface area contributed by atoms with E-state index in [2.05, 4.69) is 42.2 Å². The Hall–Kier alpha value is -1.07. The average molecular weight is 372 g/mol. The Bertz CT molecular complexity index is 546. The Kier molecular flexibility index (Phi) is 4.60. The maximum Gasteiger partial charge on any atom is 0.122 e. The van der Waals surface area contributed by atoms with Gasteiger partial charge in [-0.2, -0.15) is 0 Å². The predicted molar refractivity (Wildman–Crippen MR) is 80.0 cm³/mol. The summed E-state index contributed by atoms with van der Waals surface area (Å²) in [5.74, 6) is 0.819. The Morgan fingerprint density at radius 2 is 1.94 bits per heavy atom. The van der Waals surface area contributed by atoms with E-state index in [1.807, 2.05) is 30.5 Å². The quantitative estimate of drug-likeness (QED) is 0.873. The number of halogens is 2. The summed E-state index contributed by atoms with van der Waals surface area (Å²) in [5, 5.41) is 3.33. The van der Waals surface area contributed by atoms with Gasteiger partial charge in [0.05, 0.1) is 7.11 Å². The van der Waals surface area contributed by atoms with Crippen molar-refractivity contribution in [3.63, 3.8) is 0 Å². The third-order valence-corrected chi connectivity index (χ3v) is 3.26. The van der Waals surface area contributed by atoms with Crippen LogP contribution in [0.3, 0.4) is 0 Å². The van der Waals surface area contributed by atoms with Gasteiger partial charge in [-0.05, 0) is 39.7 Å². The molecule has 5 heteroatoms. The predicted octanol–water partition coefficient (Wildman–Crippen LogP) is 4.23. The van der Waals surface area contributed by atoms with Gasteiger partial charge in [-0.15, -0.1) is 0 Å². The van der Waals surface area contributed by atoms with Crippen molar-refractivity contribution in [2.24, 2.45) is 0 Å². The molecule has 0 spiro atoms. The summed E-state index contributed by atoms with van der Waals surface area (Å²) < 4.78 is 7.18. The number of methoxy groups -OCH3 is 1. The van der Waals surface area contributed by atoms with Gasteiger partial charge in [-0.1, -0.05) is 15.9 Å². The van der Waals surface area contributed by atoms with Gasteiger partial charge in [-0.3, -0.25) is 4.98 Å². The lowest BCUT2D eigenvalue weighted by Gasteiger charge is -2.09. The van der Waals surface area contributed by atoms with Crippen molar-refractivity contribution in [3.8, 4) is 5.75 Å². The number of hydrogen-bond donors (Lipinski definition) is 1. The van der Waals surface area contributed by atoms with Crippen molar-refractivity contribution in [1.82, 2.24) is 4.98 Å². The van der Waals surface area contributed by atoms with Crippen LogP contribution in [0.4, 0.5) is 5.69 Å². The summed E-state index contributed by atoms with van der Waals surface area (Å²) in [6.45, 7) is 0.714. The van der Waals surface area contributed by atoms with Gasteiger partial charge < -0.3 is 10.1 Å². The monoisotopic (exact) mass is 370 g/mol. The largest absolute Gasteiger partial charge is 0.497 e. The zero-order valence-corrected chi connectivity index (χ0v) is 13.0. The number of anilines is 1. The molecular formula is C13H12Br2N2O. The molecule has 0 fully saturated rings. The van der Waals surface area contributed by atoms with Gasteiger partial charge in [0.1, 0.15) is 5.75 Å². The summed E-state index contributed by atoms with van der Waals surface area (Å²) in [5.41, 5.74) is 2.12. The van der Waals surface area contributed by atoms with Crippen molar-refractivity contribution in [3.05, 3.63) is 51.2 Å². The number of benzene rings is 1. The normalized spacial score (nSPS) is 10.2. The van der Waals surface area contributed by atoms with Gasteiger partial charge >= 0.3 is 0 Å². The zero-order valence-electron chi connectivity index (χ0n) is 9.78. The standard InChI is InChI=1S/C13H12Br2N2O/c1-18-13-4-10(14)3-12(5-13)17-7-9-2-11(15)8-16-6-9/h2-6,8,17H,7H2,1H3. The van der Waals surface area contributed by atoms with E-state index in [1.165, 1.54) is 0 Å². The number of ether oxygens (including phenoxy) is 1. The first-order chi connectivity index (χ1) is 8.67. The minimum Gasteiger partial charge on any atom is -0.497 e. The van der Waals surface area contributed by atoms with Crippen LogP contribution in [0, 0.1) is 0 Å². The van der Waals surface area contributed by atoms with E-state index >= 15 is 0 Å². The Labute approximate surface area is 123 Å². The fraction of sp³-hybridized carbons (Fsp3) is 0.154. The summed E-state index contributed by atoms with van der Waals surface area (Å²) in [7, 11) is 1.66. The van der Waals surface area contributed by atoms with Crippen LogP contribution in [0.5, 0.6) is 5.75 Å². The molecule has 2 rings (SSSR count). The number of aromatic nitrogens is 1. The smallest absolute Gasteiger partial charge is 0.122 e. The van der Waals surface area contributed by atoms with E-state index in [9.17, 15) is 0 Å². The first-order valence-electron chi connectivity index (χ1n) is 5.35. The highest BCUT2D eigenvalue weighted by Gasteiger charge is 2.00. The first kappa shape index (κ1) is 13.4. The molecule has 0 radical (unpaired) electrons. The molecule has 1 N–H and O–H groups in total. The molecule has 2 aromatic rings. The van der Waals surface area contributed by atoms with Crippen molar-refractivity contribution in [2.75, 3.05) is 12.4 Å². The lowest BCUT2D eigenvalue weighted by atomic mass is 10.2. The van der Waals surface area contributed by atoms with Crippen LogP contribution in [0.15, 0.2) is 45.6 Å². The molecule has 18 heavy (non-hydrogen) atoms. The molecule has 0 unspecified atom stereocenters. The third kappa shape index (κ3) is 3.71. The maximum atomic E-state index is 5.22. The second-order valence-corrected chi connectivity index (χ2v) is 5.58. The molecule has 0 bridgehead atoms. The topological polar surface area (TPSA) is 34.1 Å². The molecule has 0 aliphatic rings. The highest BCUT2D eigenvalue weighted by Crippen LogP contribution is 2.24. The zero-order chi connectivity index (χ0) is 13.0. The van der Waals surface area contributed by atoms with E-state index < -0.39 is 0 Å². The molecule has 0 saturated carbocycles. The van der Waals surface area contributed by atoms with E-state index in [0.29, 0.717) is 6.54 Å². The second kappa shape index (κ2) is 6.20.